The summed E-state index contributed by atoms with van der Waals surface area (Å²) in [7, 11) is 0. The number of rotatable bonds is 1. The van der Waals surface area contributed by atoms with Gasteiger partial charge in [0.25, 0.3) is 0 Å². The summed E-state index contributed by atoms with van der Waals surface area (Å²) >= 11 is 0. The van der Waals surface area contributed by atoms with E-state index in [1.807, 2.05) is 0 Å². The highest BCUT2D eigenvalue weighted by molar-refractivity contribution is 4.82. The van der Waals surface area contributed by atoms with E-state index in [2.05, 4.69) is 0 Å². The van der Waals surface area contributed by atoms with E-state index < -0.39 is 23.9 Å². The van der Waals surface area contributed by atoms with Gasteiger partial charge in [0.05, 0.1) is 5.92 Å². The van der Waals surface area contributed by atoms with Crippen molar-refractivity contribution >= 4 is 0 Å². The minimum absolute atomic E-state index is 0.0202. The van der Waals surface area contributed by atoms with Gasteiger partial charge in [0.1, 0.15) is 0 Å². The van der Waals surface area contributed by atoms with Gasteiger partial charge in [-0.25, -0.2) is 8.78 Å². The first-order chi connectivity index (χ1) is 6.21. The van der Waals surface area contributed by atoms with Crippen molar-refractivity contribution in [2.24, 2.45) is 11.8 Å². The Labute approximate surface area is 79.5 Å². The molecule has 0 saturated heterocycles. The molecule has 1 fully saturated rings. The van der Waals surface area contributed by atoms with Gasteiger partial charge in [-0.3, -0.25) is 0 Å². The van der Waals surface area contributed by atoms with E-state index in [9.17, 15) is 22.0 Å². The first-order valence-corrected chi connectivity index (χ1v) is 4.66. The second-order valence-corrected chi connectivity index (χ2v) is 4.05. The van der Waals surface area contributed by atoms with Crippen molar-refractivity contribution in [2.75, 3.05) is 0 Å². The molecule has 0 aliphatic heterocycles. The smallest absolute Gasteiger partial charge is 0.207 e. The monoisotopic (exact) mass is 216 g/mol. The quantitative estimate of drug-likeness (QED) is 0.581. The van der Waals surface area contributed by atoms with Crippen LogP contribution in [0.2, 0.25) is 0 Å². The molecular weight excluding hydrogens is 203 g/mol. The fourth-order valence-corrected chi connectivity index (χ4v) is 1.93. The first kappa shape index (κ1) is 11.7. The molecule has 0 N–H and O–H groups in total. The predicted octanol–water partition coefficient (Wildman–Crippen LogP) is 4.01. The van der Waals surface area contributed by atoms with E-state index in [4.69, 9.17) is 0 Å². The molecule has 0 unspecified atom stereocenters. The van der Waals surface area contributed by atoms with Gasteiger partial charge >= 0.3 is 6.18 Å². The van der Waals surface area contributed by atoms with Gasteiger partial charge in [0.15, 0.2) is 0 Å². The van der Waals surface area contributed by atoms with Crippen LogP contribution in [0.3, 0.4) is 0 Å². The van der Waals surface area contributed by atoms with Crippen molar-refractivity contribution < 1.29 is 22.0 Å². The fraction of sp³-hybridized carbons (Fsp3) is 1.00. The van der Waals surface area contributed by atoms with E-state index in [0.717, 1.165) is 6.92 Å². The van der Waals surface area contributed by atoms with Crippen molar-refractivity contribution in [3.05, 3.63) is 0 Å². The van der Waals surface area contributed by atoms with Crippen LogP contribution in [0.5, 0.6) is 0 Å². The van der Waals surface area contributed by atoms with Crippen LogP contribution in [0.25, 0.3) is 0 Å². The average molecular weight is 216 g/mol. The second-order valence-electron chi connectivity index (χ2n) is 4.05. The Bertz CT molecular complexity index is 160. The summed E-state index contributed by atoms with van der Waals surface area (Å²) in [6.07, 6.45) is -4.56. The molecule has 0 radical (unpaired) electrons. The number of hydrogen-bond acceptors (Lipinski definition) is 0. The summed E-state index contributed by atoms with van der Waals surface area (Å²) < 4.78 is 62.0. The van der Waals surface area contributed by atoms with Crippen LogP contribution in [0.15, 0.2) is 0 Å². The van der Waals surface area contributed by atoms with E-state index in [0.29, 0.717) is 0 Å². The van der Waals surface area contributed by atoms with Gasteiger partial charge in [-0.05, 0) is 32.6 Å². The summed E-state index contributed by atoms with van der Waals surface area (Å²) in [5.41, 5.74) is 0. The largest absolute Gasteiger partial charge is 0.391 e. The lowest BCUT2D eigenvalue weighted by Crippen LogP contribution is -2.33. The second kappa shape index (κ2) is 3.66. The summed E-state index contributed by atoms with van der Waals surface area (Å²) in [4.78, 5) is 0. The maximum absolute atomic E-state index is 12.8. The van der Waals surface area contributed by atoms with Crippen LogP contribution in [0.1, 0.15) is 32.6 Å². The molecule has 0 aromatic rings. The fourth-order valence-electron chi connectivity index (χ4n) is 1.93. The van der Waals surface area contributed by atoms with Gasteiger partial charge in [-0.2, -0.15) is 13.2 Å². The molecule has 5 heteroatoms. The molecule has 1 aliphatic rings. The molecule has 84 valence electrons. The van der Waals surface area contributed by atoms with Crippen LogP contribution in [0, 0.1) is 11.8 Å². The van der Waals surface area contributed by atoms with E-state index in [1.54, 1.807) is 0 Å². The van der Waals surface area contributed by atoms with Crippen LogP contribution in [-0.2, 0) is 0 Å². The highest BCUT2D eigenvalue weighted by atomic mass is 19.4. The summed E-state index contributed by atoms with van der Waals surface area (Å²) in [6, 6.07) is 0. The van der Waals surface area contributed by atoms with Gasteiger partial charge in [0, 0.05) is 5.92 Å². The molecule has 0 aromatic heterocycles. The van der Waals surface area contributed by atoms with Crippen molar-refractivity contribution in [1.82, 2.24) is 0 Å². The molecule has 1 aliphatic carbocycles. The number of halogens is 5. The van der Waals surface area contributed by atoms with Gasteiger partial charge in [-0.15, -0.1) is 0 Å². The van der Waals surface area contributed by atoms with Crippen LogP contribution >= 0.6 is 0 Å². The lowest BCUT2D eigenvalue weighted by molar-refractivity contribution is -0.190. The van der Waals surface area contributed by atoms with Crippen LogP contribution < -0.4 is 0 Å². The Morgan fingerprint density at radius 1 is 0.786 bits per heavy atom. The average Bonchev–Trinajstić information content (AvgIpc) is 2.01. The number of alkyl halides is 5. The highest BCUT2D eigenvalue weighted by Crippen LogP contribution is 2.43. The normalized spacial score (nSPS) is 30.4. The van der Waals surface area contributed by atoms with Gasteiger partial charge in [-0.1, -0.05) is 0 Å². The zero-order chi connectivity index (χ0) is 11.0. The van der Waals surface area contributed by atoms with Gasteiger partial charge < -0.3 is 0 Å². The highest BCUT2D eigenvalue weighted by Gasteiger charge is 2.45. The number of hydrogen-bond donors (Lipinski definition) is 0. The summed E-state index contributed by atoms with van der Waals surface area (Å²) in [5.74, 6) is -5.08. The van der Waals surface area contributed by atoms with Crippen molar-refractivity contribution in [2.45, 2.75) is 44.7 Å². The topological polar surface area (TPSA) is 0 Å². The predicted molar refractivity (Wildman–Crippen MR) is 42.1 cm³/mol. The van der Waals surface area contributed by atoms with Gasteiger partial charge in [0.2, 0.25) is 5.92 Å². The molecule has 14 heavy (non-hydrogen) atoms. The third kappa shape index (κ3) is 2.82. The van der Waals surface area contributed by atoms with E-state index in [1.165, 1.54) is 0 Å². The molecule has 1 saturated carbocycles. The zero-order valence-electron chi connectivity index (χ0n) is 7.87. The lowest BCUT2D eigenvalue weighted by Gasteiger charge is -2.32. The Hall–Kier alpha value is -0.350. The maximum atomic E-state index is 12.8. The Morgan fingerprint density at radius 2 is 1.14 bits per heavy atom. The van der Waals surface area contributed by atoms with E-state index >= 15 is 0 Å². The molecule has 0 heterocycles. The standard InChI is InChI=1S/C9H13F5/c1-8(10,11)6-2-4-7(5-3-6)9(12,13)14/h6-7H,2-5H2,1H3. The molecular formula is C9H13F5. The third-order valence-corrected chi connectivity index (χ3v) is 2.91. The van der Waals surface area contributed by atoms with Crippen molar-refractivity contribution in [1.29, 1.82) is 0 Å². The van der Waals surface area contributed by atoms with E-state index in [-0.39, 0.29) is 25.7 Å². The SMILES string of the molecule is CC(F)(F)C1CCC(C(F)(F)F)CC1. The zero-order valence-corrected chi connectivity index (χ0v) is 7.87. The Kier molecular flexibility index (Phi) is 3.07. The summed E-state index contributed by atoms with van der Waals surface area (Å²) in [5, 5.41) is 0. The molecule has 0 spiro atoms. The van der Waals surface area contributed by atoms with Crippen molar-refractivity contribution in [3.63, 3.8) is 0 Å². The maximum Gasteiger partial charge on any atom is 0.391 e. The molecule has 0 aromatic carbocycles. The first-order valence-electron chi connectivity index (χ1n) is 4.66. The Morgan fingerprint density at radius 3 is 1.43 bits per heavy atom. The van der Waals surface area contributed by atoms with Crippen molar-refractivity contribution in [3.8, 4) is 0 Å². The minimum Gasteiger partial charge on any atom is -0.207 e. The Balaban J connectivity index is 2.47. The third-order valence-electron chi connectivity index (χ3n) is 2.91. The van der Waals surface area contributed by atoms with Crippen LogP contribution in [0.4, 0.5) is 22.0 Å². The summed E-state index contributed by atoms with van der Waals surface area (Å²) in [6.45, 7) is 0.783. The van der Waals surface area contributed by atoms with Crippen LogP contribution in [-0.4, -0.2) is 12.1 Å². The molecule has 0 bridgehead atoms. The minimum atomic E-state index is -4.21. The molecule has 0 amide bonds. The lowest BCUT2D eigenvalue weighted by atomic mass is 9.79. The molecule has 1 rings (SSSR count). The molecule has 0 nitrogen and oxygen atoms in total. The molecule has 0 atom stereocenters.